The van der Waals surface area contributed by atoms with Gasteiger partial charge in [0.25, 0.3) is 0 Å². The predicted molar refractivity (Wildman–Crippen MR) is 172 cm³/mol. The van der Waals surface area contributed by atoms with Crippen molar-refractivity contribution in [1.29, 1.82) is 0 Å². The Morgan fingerprint density at radius 2 is 1.64 bits per heavy atom. The Balaban J connectivity index is 1.24. The molecule has 2 unspecified atom stereocenters. The first-order valence-corrected chi connectivity index (χ1v) is 16.6. The Labute approximate surface area is 266 Å². The highest BCUT2D eigenvalue weighted by atomic mass is 16.5. The van der Waals surface area contributed by atoms with Gasteiger partial charge < -0.3 is 19.1 Å². The molecule has 4 fully saturated rings. The van der Waals surface area contributed by atoms with Gasteiger partial charge in [0.2, 0.25) is 17.7 Å². The summed E-state index contributed by atoms with van der Waals surface area (Å²) in [4.78, 5) is 30.6. The summed E-state index contributed by atoms with van der Waals surface area (Å²) >= 11 is 0. The van der Waals surface area contributed by atoms with Gasteiger partial charge in [0, 0.05) is 69.8 Å². The molecule has 2 aromatic carbocycles. The molecule has 4 heterocycles. The Kier molecular flexibility index (Phi) is 9.01. The Morgan fingerprint density at radius 1 is 0.933 bits per heavy atom. The highest BCUT2D eigenvalue weighted by molar-refractivity contribution is 5.79. The Bertz CT molecular complexity index is 1410. The fraction of sp³-hybridized carbons (Fsp3) is 0.528. The number of rotatable bonds is 10. The molecule has 7 rings (SSSR count). The second kappa shape index (κ2) is 13.4. The zero-order valence-electron chi connectivity index (χ0n) is 26.5. The van der Waals surface area contributed by atoms with Crippen molar-refractivity contribution in [3.8, 4) is 11.8 Å². The van der Waals surface area contributed by atoms with Crippen LogP contribution in [0.15, 0.2) is 60.7 Å². The molecule has 1 amide bonds. The molecule has 1 aliphatic carbocycles. The number of aromatic nitrogens is 2. The van der Waals surface area contributed by atoms with Crippen molar-refractivity contribution in [3.05, 3.63) is 83.2 Å². The van der Waals surface area contributed by atoms with Crippen LogP contribution in [0.25, 0.3) is 0 Å². The zero-order chi connectivity index (χ0) is 30.8. The summed E-state index contributed by atoms with van der Waals surface area (Å²) in [6.07, 6.45) is 3.04. The lowest BCUT2D eigenvalue weighted by atomic mass is 9.81. The van der Waals surface area contributed by atoms with Crippen LogP contribution in [-0.2, 0) is 16.1 Å². The smallest absolute Gasteiger partial charge is 0.228 e. The van der Waals surface area contributed by atoms with Crippen molar-refractivity contribution in [2.75, 3.05) is 59.7 Å². The number of carbonyl (C=O) groups is 1. The molecule has 3 atom stereocenters. The standard InChI is InChI=1S/C36H45N5O4/c1-3-45-35-30(34(43-2)37-33(38-35)27-14-15-27)22-39-20-29-21-40(36(42)28-16-19-44-24-28)17-18-41(29)31(23-39)32(25-10-6-4-7-11-25)26-12-8-5-9-13-26/h4-13,27-29,31-32H,3,14-24H2,1-2H3/t28?,29-,31?/m1/s1. The van der Waals surface area contributed by atoms with Crippen molar-refractivity contribution in [2.45, 2.75) is 56.7 Å². The molecule has 0 radical (unpaired) electrons. The largest absolute Gasteiger partial charge is 0.481 e. The zero-order valence-corrected chi connectivity index (χ0v) is 26.5. The van der Waals surface area contributed by atoms with Crippen LogP contribution in [-0.4, -0.2) is 102 Å². The molecule has 3 aliphatic heterocycles. The maximum atomic E-state index is 13.6. The number of benzene rings is 2. The number of fused-ring (bicyclic) bond motifs is 1. The molecular formula is C36H45N5O4. The van der Waals surface area contributed by atoms with Crippen molar-refractivity contribution in [2.24, 2.45) is 5.92 Å². The first-order chi connectivity index (χ1) is 22.1. The molecule has 9 nitrogen and oxygen atoms in total. The summed E-state index contributed by atoms with van der Waals surface area (Å²) in [7, 11) is 1.69. The van der Waals surface area contributed by atoms with Crippen molar-refractivity contribution in [1.82, 2.24) is 24.7 Å². The van der Waals surface area contributed by atoms with E-state index >= 15 is 0 Å². The van der Waals surface area contributed by atoms with Crippen LogP contribution >= 0.6 is 0 Å². The quantitative estimate of drug-likeness (QED) is 0.335. The van der Waals surface area contributed by atoms with Crippen LogP contribution in [0.3, 0.4) is 0 Å². The average molecular weight is 612 g/mol. The molecule has 9 heteroatoms. The van der Waals surface area contributed by atoms with E-state index in [0.29, 0.717) is 50.6 Å². The predicted octanol–water partition coefficient (Wildman–Crippen LogP) is 4.33. The fourth-order valence-electron chi connectivity index (χ4n) is 7.55. The highest BCUT2D eigenvalue weighted by Crippen LogP contribution is 2.41. The van der Waals surface area contributed by atoms with Crippen LogP contribution in [0, 0.1) is 5.92 Å². The molecule has 4 aliphatic rings. The minimum absolute atomic E-state index is 0.0198. The first-order valence-electron chi connectivity index (χ1n) is 16.6. The number of nitrogens with zero attached hydrogens (tertiary/aromatic N) is 5. The van der Waals surface area contributed by atoms with E-state index in [2.05, 4.69) is 75.4 Å². The summed E-state index contributed by atoms with van der Waals surface area (Å²) in [5, 5.41) is 0. The number of methoxy groups -OCH3 is 1. The molecule has 3 saturated heterocycles. The minimum atomic E-state index is -0.0198. The maximum absolute atomic E-state index is 13.6. The number of ether oxygens (including phenoxy) is 3. The van der Waals surface area contributed by atoms with Crippen molar-refractivity contribution < 1.29 is 19.0 Å². The van der Waals surface area contributed by atoms with Gasteiger partial charge in [-0.1, -0.05) is 60.7 Å². The lowest BCUT2D eigenvalue weighted by Crippen LogP contribution is -2.67. The second-order valence-corrected chi connectivity index (χ2v) is 12.9. The van der Waals surface area contributed by atoms with Crippen molar-refractivity contribution >= 4 is 5.91 Å². The third-order valence-corrected chi connectivity index (χ3v) is 9.91. The minimum Gasteiger partial charge on any atom is -0.481 e. The van der Waals surface area contributed by atoms with Gasteiger partial charge in [-0.2, -0.15) is 9.97 Å². The van der Waals surface area contributed by atoms with Crippen LogP contribution in [0.5, 0.6) is 11.8 Å². The monoisotopic (exact) mass is 611 g/mol. The third kappa shape index (κ3) is 6.44. The van der Waals surface area contributed by atoms with Gasteiger partial charge in [0.1, 0.15) is 5.82 Å². The Morgan fingerprint density at radius 3 is 2.27 bits per heavy atom. The topological polar surface area (TPSA) is 80.3 Å². The summed E-state index contributed by atoms with van der Waals surface area (Å²) in [5.41, 5.74) is 3.51. The summed E-state index contributed by atoms with van der Waals surface area (Å²) in [5.74, 6) is 2.86. The lowest BCUT2D eigenvalue weighted by Gasteiger charge is -2.53. The van der Waals surface area contributed by atoms with E-state index in [1.54, 1.807) is 7.11 Å². The molecule has 0 spiro atoms. The average Bonchev–Trinajstić information content (AvgIpc) is 3.79. The molecule has 1 aromatic heterocycles. The second-order valence-electron chi connectivity index (χ2n) is 12.9. The van der Waals surface area contributed by atoms with Crippen LogP contribution < -0.4 is 9.47 Å². The summed E-state index contributed by atoms with van der Waals surface area (Å²) in [6.45, 7) is 8.36. The van der Waals surface area contributed by atoms with Gasteiger partial charge in [-0.3, -0.25) is 14.6 Å². The van der Waals surface area contributed by atoms with Gasteiger partial charge in [0.05, 0.1) is 31.8 Å². The van der Waals surface area contributed by atoms with E-state index in [-0.39, 0.29) is 29.8 Å². The van der Waals surface area contributed by atoms with Gasteiger partial charge in [-0.05, 0) is 37.3 Å². The molecule has 1 saturated carbocycles. The molecule has 45 heavy (non-hydrogen) atoms. The third-order valence-electron chi connectivity index (χ3n) is 9.91. The number of piperazine rings is 2. The first kappa shape index (κ1) is 30.1. The van der Waals surface area contributed by atoms with Gasteiger partial charge in [-0.25, -0.2) is 0 Å². The molecule has 238 valence electrons. The van der Waals surface area contributed by atoms with E-state index in [1.165, 1.54) is 11.1 Å². The number of hydrogen-bond donors (Lipinski definition) is 0. The van der Waals surface area contributed by atoms with Crippen LogP contribution in [0.4, 0.5) is 0 Å². The SMILES string of the molecule is CCOc1nc(C2CC2)nc(OC)c1CN1CC(C(c2ccccc2)c2ccccc2)N2CCN(C(=O)C3CCOC3)C[C@H]2C1. The van der Waals surface area contributed by atoms with Crippen LogP contribution in [0.2, 0.25) is 0 Å². The van der Waals surface area contributed by atoms with E-state index in [1.807, 2.05) is 6.92 Å². The molecule has 0 bridgehead atoms. The van der Waals surface area contributed by atoms with E-state index in [0.717, 1.165) is 56.8 Å². The summed E-state index contributed by atoms with van der Waals surface area (Å²) < 4.78 is 17.6. The molecular weight excluding hydrogens is 566 g/mol. The van der Waals surface area contributed by atoms with E-state index in [4.69, 9.17) is 24.2 Å². The van der Waals surface area contributed by atoms with E-state index in [9.17, 15) is 4.79 Å². The number of hydrogen-bond acceptors (Lipinski definition) is 8. The normalized spacial score (nSPS) is 24.1. The highest BCUT2D eigenvalue weighted by Gasteiger charge is 2.44. The Hall–Kier alpha value is -3.53. The molecule has 0 N–H and O–H groups in total. The fourth-order valence-corrected chi connectivity index (χ4v) is 7.55. The van der Waals surface area contributed by atoms with E-state index < -0.39 is 0 Å². The summed E-state index contributed by atoms with van der Waals surface area (Å²) in [6, 6.07) is 22.2. The lowest BCUT2D eigenvalue weighted by molar-refractivity contribution is -0.141. The molecule has 3 aromatic rings. The number of amides is 1. The van der Waals surface area contributed by atoms with Gasteiger partial charge in [-0.15, -0.1) is 0 Å². The van der Waals surface area contributed by atoms with Crippen molar-refractivity contribution in [3.63, 3.8) is 0 Å². The number of carbonyl (C=O) groups excluding carboxylic acids is 1. The maximum Gasteiger partial charge on any atom is 0.228 e. The van der Waals surface area contributed by atoms with Crippen LogP contribution in [0.1, 0.15) is 60.5 Å². The van der Waals surface area contributed by atoms with Gasteiger partial charge in [0.15, 0.2) is 0 Å². The van der Waals surface area contributed by atoms with Gasteiger partial charge >= 0.3 is 0 Å².